The summed E-state index contributed by atoms with van der Waals surface area (Å²) in [6, 6.07) is 11.8. The molecule has 2 fully saturated rings. The molecule has 14 N–H and O–H groups in total. The number of nitrogens with zero attached hydrogens (tertiary/aromatic N) is 6. The Morgan fingerprint density at radius 2 is 1.33 bits per heavy atom. The van der Waals surface area contributed by atoms with Crippen molar-refractivity contribution in [1.29, 1.82) is 0 Å². The van der Waals surface area contributed by atoms with Crippen molar-refractivity contribution in [2.24, 2.45) is 5.73 Å². The van der Waals surface area contributed by atoms with Gasteiger partial charge in [-0.25, -0.2) is 8.42 Å². The molecule has 2 saturated heterocycles. The van der Waals surface area contributed by atoms with Gasteiger partial charge in [0, 0.05) is 43.0 Å². The molecule has 43 heavy (non-hydrogen) atoms. The molecule has 4 heterocycles. The van der Waals surface area contributed by atoms with Crippen molar-refractivity contribution in [3.63, 3.8) is 0 Å². The Morgan fingerprint density at radius 1 is 0.791 bits per heavy atom. The molecule has 2 aromatic heterocycles. The number of nitrogens with two attached hydrogens (primary N) is 1. The van der Waals surface area contributed by atoms with Crippen molar-refractivity contribution >= 4 is 62.6 Å². The molecule has 0 unspecified atom stereocenters. The molecule has 0 aliphatic carbocycles. The van der Waals surface area contributed by atoms with Crippen LogP contribution in [0.15, 0.2) is 53.6 Å². The van der Waals surface area contributed by atoms with Crippen LogP contribution in [0.4, 0.5) is 29.2 Å². The van der Waals surface area contributed by atoms with Gasteiger partial charge in [-0.2, -0.15) is 20.1 Å². The molecule has 0 saturated carbocycles. The van der Waals surface area contributed by atoms with E-state index in [1.54, 1.807) is 42.6 Å². The minimum Gasteiger partial charge on any atom is -0.344 e. The van der Waals surface area contributed by atoms with Gasteiger partial charge in [0.2, 0.25) is 17.8 Å². The molecule has 0 amide bonds. The van der Waals surface area contributed by atoms with E-state index in [9.17, 15) is 8.42 Å². The van der Waals surface area contributed by atoms with E-state index < -0.39 is 10.0 Å². The molecular formula is C26H52ClN13O2S. The highest BCUT2D eigenvalue weighted by Gasteiger charge is 2.21. The molecule has 0 spiro atoms. The van der Waals surface area contributed by atoms with Crippen molar-refractivity contribution < 1.29 is 14.1 Å². The van der Waals surface area contributed by atoms with E-state index in [1.807, 2.05) is 6.07 Å². The van der Waals surface area contributed by atoms with E-state index in [0.29, 0.717) is 29.2 Å². The van der Waals surface area contributed by atoms with Gasteiger partial charge in [-0.1, -0.05) is 0 Å². The molecule has 0 bridgehead atoms. The van der Waals surface area contributed by atoms with Gasteiger partial charge in [-0.3, -0.25) is 9.82 Å². The van der Waals surface area contributed by atoms with Crippen LogP contribution in [0.5, 0.6) is 0 Å². The van der Waals surface area contributed by atoms with Gasteiger partial charge in [0.1, 0.15) is 0 Å². The second kappa shape index (κ2) is 16.7. The van der Waals surface area contributed by atoms with Crippen molar-refractivity contribution in [1.82, 2.24) is 43.6 Å². The molecule has 2 aromatic carbocycles. The third-order valence-electron chi connectivity index (χ3n) is 6.75. The third-order valence-corrected chi connectivity index (χ3v) is 8.15. The summed E-state index contributed by atoms with van der Waals surface area (Å²) in [5, 5.41) is 11.0. The molecule has 0 radical (unpaired) electrons. The SMILES string of the molecule is CN.Cl.N.N.N.O=S(=O)(Nc1ccc2cn[nH]c2c1)c1ccc(Nc2nc(N3CCCCC3)nc(N3CCCC3)n2)cc1.[HH].[HH].[HH].[HH]. The highest BCUT2D eigenvalue weighted by Crippen LogP contribution is 2.26. The van der Waals surface area contributed by atoms with Gasteiger partial charge in [0.15, 0.2) is 0 Å². The monoisotopic (exact) mass is 645 g/mol. The zero-order chi connectivity index (χ0) is 27.2. The summed E-state index contributed by atoms with van der Waals surface area (Å²) in [5.41, 5.74) is 6.42. The topological polar surface area (TPSA) is 263 Å². The fraction of sp³-hybridized carbons (Fsp3) is 0.385. The summed E-state index contributed by atoms with van der Waals surface area (Å²) in [7, 11) is -2.26. The second-order valence-electron chi connectivity index (χ2n) is 9.43. The van der Waals surface area contributed by atoms with Crippen molar-refractivity contribution in [2.45, 2.75) is 37.0 Å². The maximum Gasteiger partial charge on any atom is 0.261 e. The van der Waals surface area contributed by atoms with Crippen LogP contribution in [0.1, 0.15) is 37.8 Å². The number of H-pyrrole nitrogens is 1. The standard InChI is InChI=1S/C25H29N9O2S.CH5N.ClH.3H3N.4H2/c35-37(36,32-20-7-6-18-17-26-31-22(18)16-20)21-10-8-19(9-11-21)27-23-28-24(33-12-2-1-3-13-33)30-25(29-23)34-14-4-5-15-34;1-2;;;;;;;;/h6-11,16-17,32H,1-5,12-15H2,(H,26,31)(H,27,28,29,30);2H2,1H3;1H;3*1H3;4*1H. The lowest BCUT2D eigenvalue weighted by Gasteiger charge is -2.27. The molecule has 6 rings (SSSR count). The second-order valence-corrected chi connectivity index (χ2v) is 11.1. The van der Waals surface area contributed by atoms with E-state index in [2.05, 4.69) is 40.8 Å². The number of aromatic amines is 1. The number of sulfonamides is 1. The van der Waals surface area contributed by atoms with Gasteiger partial charge in [-0.15, -0.1) is 12.4 Å². The number of hydrogen-bond donors (Lipinski definition) is 7. The highest BCUT2D eigenvalue weighted by atomic mass is 35.5. The Balaban J connectivity index is -0.000000908. The van der Waals surface area contributed by atoms with Gasteiger partial charge in [0.25, 0.3) is 10.0 Å². The zero-order valence-electron chi connectivity index (χ0n) is 24.5. The van der Waals surface area contributed by atoms with Crippen molar-refractivity contribution in [3.8, 4) is 0 Å². The number of nitrogens with one attached hydrogen (secondary N) is 3. The predicted octanol–water partition coefficient (Wildman–Crippen LogP) is 5.35. The zero-order valence-corrected chi connectivity index (χ0v) is 26.1. The molecular weight excluding hydrogens is 594 g/mol. The van der Waals surface area contributed by atoms with E-state index in [-0.39, 0.29) is 41.5 Å². The molecule has 2 aliphatic rings. The average molecular weight is 646 g/mol. The fourth-order valence-electron chi connectivity index (χ4n) is 4.76. The Kier molecular flexibility index (Phi) is 14.5. The number of anilines is 5. The van der Waals surface area contributed by atoms with Crippen LogP contribution in [-0.2, 0) is 10.0 Å². The van der Waals surface area contributed by atoms with Crippen LogP contribution in [0.2, 0.25) is 0 Å². The highest BCUT2D eigenvalue weighted by molar-refractivity contribution is 7.92. The minimum atomic E-state index is -3.76. The van der Waals surface area contributed by atoms with Crippen LogP contribution in [0.25, 0.3) is 10.9 Å². The summed E-state index contributed by atoms with van der Waals surface area (Å²) < 4.78 is 28.5. The number of aromatic nitrogens is 5. The van der Waals surface area contributed by atoms with E-state index in [0.717, 1.165) is 62.8 Å². The van der Waals surface area contributed by atoms with Gasteiger partial charge in [0.05, 0.1) is 22.3 Å². The Hall–Kier alpha value is -3.80. The van der Waals surface area contributed by atoms with Gasteiger partial charge in [-0.05, 0) is 81.6 Å². The van der Waals surface area contributed by atoms with Gasteiger partial charge >= 0.3 is 0 Å². The number of fused-ring (bicyclic) bond motifs is 1. The largest absolute Gasteiger partial charge is 0.344 e. The van der Waals surface area contributed by atoms with Crippen molar-refractivity contribution in [3.05, 3.63) is 48.7 Å². The first-order valence-electron chi connectivity index (χ1n) is 13.2. The fourth-order valence-corrected chi connectivity index (χ4v) is 5.81. The van der Waals surface area contributed by atoms with E-state index >= 15 is 0 Å². The van der Waals surface area contributed by atoms with Crippen molar-refractivity contribution in [2.75, 3.05) is 53.1 Å². The Labute approximate surface area is 264 Å². The number of halogens is 1. The first-order chi connectivity index (χ1) is 19.0. The summed E-state index contributed by atoms with van der Waals surface area (Å²) in [6.45, 7) is 3.76. The third kappa shape index (κ3) is 8.85. The molecule has 15 nitrogen and oxygen atoms in total. The smallest absolute Gasteiger partial charge is 0.261 e. The first kappa shape index (κ1) is 37.2. The Morgan fingerprint density at radius 3 is 1.91 bits per heavy atom. The number of piperidine rings is 1. The van der Waals surface area contributed by atoms with Crippen LogP contribution in [-0.4, -0.2) is 66.8 Å². The van der Waals surface area contributed by atoms with Crippen LogP contribution < -0.4 is 44.0 Å². The lowest BCUT2D eigenvalue weighted by Crippen LogP contribution is -2.32. The average Bonchev–Trinajstić information content (AvgIpc) is 3.67. The lowest BCUT2D eigenvalue weighted by molar-refractivity contribution is 0.567. The summed E-state index contributed by atoms with van der Waals surface area (Å²) in [4.78, 5) is 18.7. The molecule has 17 heteroatoms. The Bertz CT molecular complexity index is 1530. The van der Waals surface area contributed by atoms with Gasteiger partial charge < -0.3 is 39.3 Å². The van der Waals surface area contributed by atoms with E-state index in [1.165, 1.54) is 13.5 Å². The molecule has 246 valence electrons. The summed E-state index contributed by atoms with van der Waals surface area (Å²) >= 11 is 0. The lowest BCUT2D eigenvalue weighted by atomic mass is 10.1. The maximum atomic E-state index is 13.0. The summed E-state index contributed by atoms with van der Waals surface area (Å²) in [5.74, 6) is 1.84. The number of hydrogen-bond acceptors (Lipinski definition) is 13. The van der Waals surface area contributed by atoms with Crippen LogP contribution >= 0.6 is 12.4 Å². The minimum absolute atomic E-state index is 0. The number of benzene rings is 2. The van der Waals surface area contributed by atoms with Crippen LogP contribution in [0, 0.1) is 0 Å². The number of rotatable bonds is 7. The summed E-state index contributed by atoms with van der Waals surface area (Å²) in [6.07, 6.45) is 7.45. The van der Waals surface area contributed by atoms with E-state index in [4.69, 9.17) is 9.97 Å². The normalized spacial score (nSPS) is 14.2. The first-order valence-corrected chi connectivity index (χ1v) is 14.7. The van der Waals surface area contributed by atoms with Crippen LogP contribution in [0.3, 0.4) is 0 Å². The molecule has 4 aromatic rings. The quantitative estimate of drug-likeness (QED) is 0.134. The predicted molar refractivity (Wildman–Crippen MR) is 185 cm³/mol. The maximum absolute atomic E-state index is 13.0. The molecule has 0 atom stereocenters. The molecule has 2 aliphatic heterocycles.